The SMILES string of the molecule is CCO[C](=[Cr])c1cccc2ccccc12.[C-]#[O+].[C-]#[O+].[C-]#[O+].[C-]#[O+].[C-]#[O+]. The third-order valence-corrected chi connectivity index (χ3v) is 2.81. The van der Waals surface area contributed by atoms with Crippen LogP contribution >= 0.6 is 0 Å². The van der Waals surface area contributed by atoms with Crippen LogP contribution in [0.1, 0.15) is 12.5 Å². The van der Waals surface area contributed by atoms with Crippen LogP contribution in [0.5, 0.6) is 0 Å². The molecule has 0 atom stereocenters. The van der Waals surface area contributed by atoms with Crippen molar-refractivity contribution in [2.45, 2.75) is 6.92 Å². The van der Waals surface area contributed by atoms with Crippen LogP contribution < -0.4 is 0 Å². The molecule has 0 unspecified atom stereocenters. The molecule has 0 spiro atoms. The van der Waals surface area contributed by atoms with Crippen LogP contribution in [-0.4, -0.2) is 11.2 Å². The Morgan fingerprint density at radius 2 is 1.24 bits per heavy atom. The summed E-state index contributed by atoms with van der Waals surface area (Å²) >= 11 is 2.98. The van der Waals surface area contributed by atoms with Crippen LogP contribution in [0.2, 0.25) is 0 Å². The van der Waals surface area contributed by atoms with Gasteiger partial charge < -0.3 is 0 Å². The molecule has 0 aliphatic rings. The first-order valence-corrected chi connectivity index (χ1v) is 6.63. The number of fused-ring (bicyclic) bond motifs is 1. The first-order valence-electron chi connectivity index (χ1n) is 6.00. The zero-order valence-electron chi connectivity index (χ0n) is 13.1. The number of hydrogen-bond donors (Lipinski definition) is 0. The predicted molar refractivity (Wildman–Crippen MR) is 79.3 cm³/mol. The monoisotopic (exact) mass is 376 g/mol. The van der Waals surface area contributed by atoms with E-state index in [0.29, 0.717) is 6.61 Å². The van der Waals surface area contributed by atoms with Gasteiger partial charge >= 0.3 is 154 Å². The normalized spacial score (nSPS) is 6.68. The minimum atomic E-state index is 0.686. The molecule has 2 aromatic carbocycles. The predicted octanol–water partition coefficient (Wildman–Crippen LogP) is 2.71. The van der Waals surface area contributed by atoms with Gasteiger partial charge in [0.2, 0.25) is 0 Å². The average Bonchev–Trinajstić information content (AvgIpc) is 2.75. The van der Waals surface area contributed by atoms with Gasteiger partial charge in [-0.05, 0) is 0 Å². The average molecular weight is 376 g/mol. The Morgan fingerprint density at radius 1 is 0.800 bits per heavy atom. The van der Waals surface area contributed by atoms with Crippen LogP contribution in [0.3, 0.4) is 0 Å². The number of rotatable bonds is 3. The third-order valence-electron chi connectivity index (χ3n) is 2.28. The van der Waals surface area contributed by atoms with Gasteiger partial charge in [-0.3, -0.25) is 0 Å². The Labute approximate surface area is 154 Å². The second kappa shape index (κ2) is 26.6. The fraction of sp³-hybridized carbons (Fsp3) is 0.111. The van der Waals surface area contributed by atoms with Crippen molar-refractivity contribution in [3.05, 3.63) is 81.3 Å². The van der Waals surface area contributed by atoms with Gasteiger partial charge in [-0.2, -0.15) is 0 Å². The summed E-state index contributed by atoms with van der Waals surface area (Å²) in [5.74, 6) is 0. The fourth-order valence-electron chi connectivity index (χ4n) is 1.61. The van der Waals surface area contributed by atoms with Crippen LogP contribution in [0.15, 0.2) is 42.5 Å². The number of benzene rings is 2. The van der Waals surface area contributed by atoms with Gasteiger partial charge in [0.1, 0.15) is 0 Å². The Balaban J connectivity index is -0.000000191. The summed E-state index contributed by atoms with van der Waals surface area (Å²) < 4.78 is 43.9. The maximum atomic E-state index is 7.50. The zero-order valence-corrected chi connectivity index (χ0v) is 14.4. The van der Waals surface area contributed by atoms with Crippen molar-refractivity contribution in [3.8, 4) is 0 Å². The van der Waals surface area contributed by atoms with Gasteiger partial charge in [0.05, 0.1) is 0 Å². The van der Waals surface area contributed by atoms with Gasteiger partial charge in [-0.1, -0.05) is 0 Å². The molecule has 0 radical (unpaired) electrons. The Hall–Kier alpha value is -2.24. The maximum absolute atomic E-state index is 7.50. The Bertz CT molecular complexity index is 658. The zero-order chi connectivity index (χ0) is 20.7. The molecule has 126 valence electrons. The van der Waals surface area contributed by atoms with E-state index in [2.05, 4.69) is 73.4 Å². The van der Waals surface area contributed by atoms with E-state index < -0.39 is 0 Å². The van der Waals surface area contributed by atoms with Crippen molar-refractivity contribution < 1.29 is 43.8 Å². The molecule has 2 rings (SSSR count). The van der Waals surface area contributed by atoms with Gasteiger partial charge in [0.25, 0.3) is 0 Å². The van der Waals surface area contributed by atoms with Gasteiger partial charge in [0.15, 0.2) is 0 Å². The van der Waals surface area contributed by atoms with Crippen LogP contribution in [0, 0.1) is 33.3 Å². The van der Waals surface area contributed by atoms with E-state index in [1.54, 1.807) is 0 Å². The topological polar surface area (TPSA) is 109 Å². The van der Waals surface area contributed by atoms with E-state index in [-0.39, 0.29) is 0 Å². The summed E-state index contributed by atoms with van der Waals surface area (Å²) in [6, 6.07) is 14.5. The van der Waals surface area contributed by atoms with Crippen LogP contribution in [-0.2, 0) is 43.8 Å². The molecule has 25 heavy (non-hydrogen) atoms. The Morgan fingerprint density at radius 3 is 1.72 bits per heavy atom. The quantitative estimate of drug-likeness (QED) is 0.596. The minimum absolute atomic E-state index is 0.686. The van der Waals surface area contributed by atoms with Gasteiger partial charge in [0, 0.05) is 0 Å². The third kappa shape index (κ3) is 12.8. The molecule has 0 aromatic heterocycles. The van der Waals surface area contributed by atoms with Crippen molar-refractivity contribution >= 4 is 15.3 Å². The van der Waals surface area contributed by atoms with Crippen LogP contribution in [0.25, 0.3) is 10.8 Å². The van der Waals surface area contributed by atoms with Crippen molar-refractivity contribution in [2.24, 2.45) is 0 Å². The van der Waals surface area contributed by atoms with E-state index in [0.717, 1.165) is 10.1 Å². The van der Waals surface area contributed by atoms with Gasteiger partial charge in [-0.15, -0.1) is 0 Å². The van der Waals surface area contributed by atoms with Crippen molar-refractivity contribution in [1.29, 1.82) is 0 Å². The summed E-state index contributed by atoms with van der Waals surface area (Å²) in [6.07, 6.45) is 0. The molecule has 0 amide bonds. The van der Waals surface area contributed by atoms with Crippen molar-refractivity contribution in [3.63, 3.8) is 0 Å². The van der Waals surface area contributed by atoms with Crippen molar-refractivity contribution in [2.75, 3.05) is 6.61 Å². The second-order valence-electron chi connectivity index (χ2n) is 3.25. The molecule has 0 fully saturated rings. The summed E-state index contributed by atoms with van der Waals surface area (Å²) in [6.45, 7) is 25.2. The number of hydrogen-bond acceptors (Lipinski definition) is 1. The van der Waals surface area contributed by atoms with E-state index in [9.17, 15) is 0 Å². The molecule has 7 heteroatoms. The summed E-state index contributed by atoms with van der Waals surface area (Å²) in [5.41, 5.74) is 1.13. The van der Waals surface area contributed by atoms with Crippen LogP contribution in [0.4, 0.5) is 0 Å². The van der Waals surface area contributed by atoms with E-state index in [1.165, 1.54) is 10.8 Å². The van der Waals surface area contributed by atoms with E-state index in [4.69, 9.17) is 28.0 Å². The number of ether oxygens (including phenoxy) is 1. The fourth-order valence-corrected chi connectivity index (χ4v) is 2.07. The summed E-state index contributed by atoms with van der Waals surface area (Å²) in [5, 5.41) is 2.46. The van der Waals surface area contributed by atoms with Gasteiger partial charge in [-0.25, -0.2) is 0 Å². The standard InChI is InChI=1S/C13H12O.5CO.Cr/c1-2-14-10-12-8-5-7-11-6-3-4-9-13(11)12;5*1-2;/h3-9H,2H2,1H3;;;;;;. The van der Waals surface area contributed by atoms with Crippen molar-refractivity contribution in [1.82, 2.24) is 0 Å². The molecular formula is C18H12CrO6. The molecule has 0 saturated carbocycles. The van der Waals surface area contributed by atoms with E-state index in [1.807, 2.05) is 25.1 Å². The first-order chi connectivity index (χ1) is 12.3. The molecule has 0 N–H and O–H groups in total. The molecular weight excluding hydrogens is 364 g/mol. The molecule has 0 heterocycles. The molecule has 0 aliphatic heterocycles. The molecule has 0 saturated heterocycles. The molecule has 2 aromatic rings. The Kier molecular flexibility index (Phi) is 32.6. The molecule has 6 nitrogen and oxygen atoms in total. The second-order valence-corrected chi connectivity index (χ2v) is 3.83. The molecule has 0 aliphatic carbocycles. The molecule has 0 bridgehead atoms. The van der Waals surface area contributed by atoms with E-state index >= 15 is 0 Å². The summed E-state index contributed by atoms with van der Waals surface area (Å²) in [4.78, 5) is 0. The summed E-state index contributed by atoms with van der Waals surface area (Å²) in [7, 11) is 0. The first kappa shape index (κ1) is 30.6.